The molecule has 3 aliphatic heterocycles. The van der Waals surface area contributed by atoms with Crippen LogP contribution in [0, 0.1) is 18.8 Å². The number of hydrogen-bond donors (Lipinski definition) is 4. The molecule has 3 fully saturated rings. The highest BCUT2D eigenvalue weighted by atomic mass is 16.7. The molecule has 6 rings (SSSR count). The maximum Gasteiger partial charge on any atom is 0.231 e. The van der Waals surface area contributed by atoms with Crippen molar-refractivity contribution < 1.29 is 19.1 Å². The van der Waals surface area contributed by atoms with Gasteiger partial charge in [0.1, 0.15) is 6.17 Å². The number of nitrogens with zero attached hydrogens (tertiary/aromatic N) is 1. The van der Waals surface area contributed by atoms with Gasteiger partial charge in [0.2, 0.25) is 18.6 Å². The molecule has 178 valence electrons. The Morgan fingerprint density at radius 1 is 1.12 bits per heavy atom. The quantitative estimate of drug-likeness (QED) is 0.547. The van der Waals surface area contributed by atoms with Crippen molar-refractivity contribution in [1.82, 2.24) is 26.6 Å². The number of hydrazine groups is 2. The normalized spacial score (nSPS) is 29.8. The van der Waals surface area contributed by atoms with Crippen LogP contribution < -0.4 is 31.1 Å². The van der Waals surface area contributed by atoms with Crippen LogP contribution in [0.25, 0.3) is 0 Å². The van der Waals surface area contributed by atoms with Crippen molar-refractivity contribution in [2.24, 2.45) is 11.8 Å². The van der Waals surface area contributed by atoms with Crippen molar-refractivity contribution in [3.63, 3.8) is 0 Å². The van der Waals surface area contributed by atoms with Crippen LogP contribution >= 0.6 is 0 Å². The van der Waals surface area contributed by atoms with E-state index in [0.717, 1.165) is 16.9 Å². The Morgan fingerprint density at radius 3 is 2.79 bits per heavy atom. The molecular formula is C25H29N5O4. The first-order valence-corrected chi connectivity index (χ1v) is 11.9. The molecule has 9 heteroatoms. The lowest BCUT2D eigenvalue weighted by Gasteiger charge is -2.46. The molecule has 34 heavy (non-hydrogen) atoms. The Kier molecular flexibility index (Phi) is 5.40. The van der Waals surface area contributed by atoms with Gasteiger partial charge in [-0.3, -0.25) is 9.59 Å². The fraction of sp³-hybridized carbons (Fsp3) is 0.440. The van der Waals surface area contributed by atoms with Gasteiger partial charge < -0.3 is 20.1 Å². The summed E-state index contributed by atoms with van der Waals surface area (Å²) in [5.74, 6) is 1.28. The second kappa shape index (κ2) is 8.57. The highest BCUT2D eigenvalue weighted by molar-refractivity contribution is 5.83. The molecule has 0 spiro atoms. The first kappa shape index (κ1) is 21.4. The van der Waals surface area contributed by atoms with Crippen molar-refractivity contribution in [3.05, 3.63) is 59.2 Å². The van der Waals surface area contributed by atoms with Gasteiger partial charge in [0.05, 0.1) is 12.0 Å². The molecule has 2 aromatic carbocycles. The molecule has 2 aromatic rings. The zero-order valence-electron chi connectivity index (χ0n) is 19.0. The van der Waals surface area contributed by atoms with E-state index in [9.17, 15) is 9.59 Å². The molecule has 1 saturated carbocycles. The van der Waals surface area contributed by atoms with Crippen LogP contribution in [0.2, 0.25) is 0 Å². The smallest absolute Gasteiger partial charge is 0.231 e. The van der Waals surface area contributed by atoms with E-state index in [1.807, 2.05) is 18.2 Å². The molecule has 0 radical (unpaired) electrons. The largest absolute Gasteiger partial charge is 0.454 e. The zero-order chi connectivity index (χ0) is 23.2. The fourth-order valence-electron chi connectivity index (χ4n) is 5.57. The number of aryl methyl sites for hydroxylation is 1. The van der Waals surface area contributed by atoms with E-state index in [4.69, 9.17) is 9.47 Å². The molecule has 9 nitrogen and oxygen atoms in total. The van der Waals surface area contributed by atoms with E-state index in [2.05, 4.69) is 57.8 Å². The van der Waals surface area contributed by atoms with E-state index in [1.54, 1.807) is 0 Å². The standard InChI is InChI=1S/C25H29N5O4/c1-14-2-5-16(6-3-14)22-23-27-25(32)18-8-7-17(11-19(18)30(23)29-28-22)24(31)26-12-15-4-9-20-21(10-15)34-13-33-20/h2-6,9-10,17-19,22-23,28-29H,7-8,11-13H2,1H3,(H,26,31)(H,27,32). The summed E-state index contributed by atoms with van der Waals surface area (Å²) < 4.78 is 10.8. The monoisotopic (exact) mass is 463 g/mol. The third-order valence-electron chi connectivity index (χ3n) is 7.48. The number of rotatable bonds is 4. The van der Waals surface area contributed by atoms with Crippen LogP contribution in [-0.2, 0) is 16.1 Å². The molecule has 4 N–H and O–H groups in total. The predicted molar refractivity (Wildman–Crippen MR) is 123 cm³/mol. The van der Waals surface area contributed by atoms with Gasteiger partial charge in [-0.1, -0.05) is 35.9 Å². The highest BCUT2D eigenvalue weighted by Gasteiger charge is 2.51. The molecule has 1 aliphatic carbocycles. The Morgan fingerprint density at radius 2 is 1.94 bits per heavy atom. The Bertz CT molecular complexity index is 1110. The molecule has 3 heterocycles. The number of ether oxygens (including phenoxy) is 2. The molecular weight excluding hydrogens is 434 g/mol. The van der Waals surface area contributed by atoms with E-state index < -0.39 is 0 Å². The summed E-state index contributed by atoms with van der Waals surface area (Å²) in [7, 11) is 0. The van der Waals surface area contributed by atoms with Gasteiger partial charge in [0, 0.05) is 18.5 Å². The third-order valence-corrected chi connectivity index (χ3v) is 7.48. The summed E-state index contributed by atoms with van der Waals surface area (Å²) in [6.07, 6.45) is 1.83. The first-order chi connectivity index (χ1) is 16.6. The van der Waals surface area contributed by atoms with Crippen molar-refractivity contribution in [2.45, 2.75) is 51.0 Å². The second-order valence-corrected chi connectivity index (χ2v) is 9.59. The van der Waals surface area contributed by atoms with Gasteiger partial charge in [-0.25, -0.2) is 10.4 Å². The number of fused-ring (bicyclic) bond motifs is 4. The topological polar surface area (TPSA) is 104 Å². The van der Waals surface area contributed by atoms with Crippen LogP contribution in [0.15, 0.2) is 42.5 Å². The highest BCUT2D eigenvalue weighted by Crippen LogP contribution is 2.39. The molecule has 5 atom stereocenters. The lowest BCUT2D eigenvalue weighted by molar-refractivity contribution is -0.143. The number of nitrogens with one attached hydrogen (secondary N) is 4. The zero-order valence-corrected chi connectivity index (χ0v) is 19.0. The van der Waals surface area contributed by atoms with Gasteiger partial charge in [-0.05, 0) is 49.4 Å². The van der Waals surface area contributed by atoms with E-state index in [-0.39, 0.29) is 48.7 Å². The second-order valence-electron chi connectivity index (χ2n) is 9.59. The minimum atomic E-state index is -0.202. The lowest BCUT2D eigenvalue weighted by atomic mass is 9.75. The number of amides is 2. The predicted octanol–water partition coefficient (Wildman–Crippen LogP) is 1.65. The van der Waals surface area contributed by atoms with Gasteiger partial charge >= 0.3 is 0 Å². The molecule has 4 aliphatic rings. The minimum absolute atomic E-state index is 0.0286. The third kappa shape index (κ3) is 3.79. The minimum Gasteiger partial charge on any atom is -0.454 e. The van der Waals surface area contributed by atoms with Crippen LogP contribution in [0.3, 0.4) is 0 Å². The molecule has 2 amide bonds. The van der Waals surface area contributed by atoms with E-state index >= 15 is 0 Å². The maximum atomic E-state index is 13.0. The van der Waals surface area contributed by atoms with Crippen LogP contribution in [0.1, 0.15) is 42.0 Å². The van der Waals surface area contributed by atoms with Crippen molar-refractivity contribution in [3.8, 4) is 11.5 Å². The molecule has 0 bridgehead atoms. The average Bonchev–Trinajstić information content (AvgIpc) is 3.49. The lowest BCUT2D eigenvalue weighted by Crippen LogP contribution is -2.65. The van der Waals surface area contributed by atoms with Crippen LogP contribution in [0.4, 0.5) is 0 Å². The average molecular weight is 464 g/mol. The van der Waals surface area contributed by atoms with Crippen molar-refractivity contribution in [2.75, 3.05) is 6.79 Å². The molecule has 5 unspecified atom stereocenters. The summed E-state index contributed by atoms with van der Waals surface area (Å²) in [4.78, 5) is 26.0. The van der Waals surface area contributed by atoms with Gasteiger partial charge in [-0.15, -0.1) is 0 Å². The number of benzene rings is 2. The molecule has 2 saturated heterocycles. The van der Waals surface area contributed by atoms with Gasteiger partial charge in [0.25, 0.3) is 0 Å². The summed E-state index contributed by atoms with van der Waals surface area (Å²) in [6, 6.07) is 13.9. The summed E-state index contributed by atoms with van der Waals surface area (Å²) in [5.41, 5.74) is 9.90. The van der Waals surface area contributed by atoms with Crippen molar-refractivity contribution >= 4 is 11.8 Å². The SMILES string of the molecule is Cc1ccc(C2NNN3C4CC(C(=O)NCc5ccc6c(c5)OCO6)CCC4C(=O)NC23)cc1. The summed E-state index contributed by atoms with van der Waals surface area (Å²) in [5, 5.41) is 8.37. The number of carbonyl (C=O) groups is 2. The first-order valence-electron chi connectivity index (χ1n) is 11.9. The van der Waals surface area contributed by atoms with Gasteiger partial charge in [0.15, 0.2) is 11.5 Å². The summed E-state index contributed by atoms with van der Waals surface area (Å²) in [6.45, 7) is 2.72. The number of carbonyl (C=O) groups excluding carboxylic acids is 2. The Balaban J connectivity index is 1.12. The Labute approximate surface area is 198 Å². The fourth-order valence-corrected chi connectivity index (χ4v) is 5.57. The van der Waals surface area contributed by atoms with Crippen molar-refractivity contribution in [1.29, 1.82) is 0 Å². The summed E-state index contributed by atoms with van der Waals surface area (Å²) >= 11 is 0. The maximum absolute atomic E-state index is 13.0. The van der Waals surface area contributed by atoms with Crippen LogP contribution in [-0.4, -0.2) is 35.8 Å². The Hall–Kier alpha value is -3.14. The van der Waals surface area contributed by atoms with E-state index in [1.165, 1.54) is 5.56 Å². The number of hydrogen-bond acceptors (Lipinski definition) is 7. The van der Waals surface area contributed by atoms with Gasteiger partial charge in [-0.2, -0.15) is 5.53 Å². The van der Waals surface area contributed by atoms with Crippen LogP contribution in [0.5, 0.6) is 11.5 Å². The van der Waals surface area contributed by atoms with E-state index in [0.29, 0.717) is 31.6 Å². The molecule has 0 aromatic heterocycles.